The highest BCUT2D eigenvalue weighted by atomic mass is 32.1. The van der Waals surface area contributed by atoms with E-state index in [9.17, 15) is 4.79 Å². The fourth-order valence-electron chi connectivity index (χ4n) is 1.67. The fraction of sp³-hybridized carbons (Fsp3) is 0.500. The second-order valence-corrected chi connectivity index (χ2v) is 4.38. The van der Waals surface area contributed by atoms with Gasteiger partial charge in [0.25, 0.3) is 5.91 Å². The third-order valence-electron chi connectivity index (χ3n) is 2.54. The van der Waals surface area contributed by atoms with Crippen LogP contribution in [0.4, 0.5) is 0 Å². The highest BCUT2D eigenvalue weighted by Gasteiger charge is 2.28. The molecule has 1 fully saturated rings. The van der Waals surface area contributed by atoms with E-state index in [0.29, 0.717) is 17.2 Å². The highest BCUT2D eigenvalue weighted by Crippen LogP contribution is 2.16. The summed E-state index contributed by atoms with van der Waals surface area (Å²) < 4.78 is 9.14. The summed E-state index contributed by atoms with van der Waals surface area (Å²) in [5.74, 6) is -0.130. The molecule has 2 rings (SSSR count). The molecule has 1 amide bonds. The van der Waals surface area contributed by atoms with Gasteiger partial charge in [0, 0.05) is 6.61 Å². The van der Waals surface area contributed by atoms with Crippen molar-refractivity contribution in [1.29, 1.82) is 0 Å². The predicted octanol–water partition coefficient (Wildman–Crippen LogP) is 0.920. The van der Waals surface area contributed by atoms with Gasteiger partial charge in [-0.15, -0.1) is 11.7 Å². The fourth-order valence-corrected chi connectivity index (χ4v) is 2.23. The van der Waals surface area contributed by atoms with Crippen LogP contribution in [0.15, 0.2) is 12.7 Å². The minimum absolute atomic E-state index is 0.00602. The number of rotatable bonds is 3. The average Bonchev–Trinajstić information content (AvgIpc) is 2.86. The number of nitrogens with one attached hydrogen (secondary N) is 1. The van der Waals surface area contributed by atoms with Crippen LogP contribution in [0.3, 0.4) is 0 Å². The van der Waals surface area contributed by atoms with E-state index in [1.807, 2.05) is 0 Å². The molecule has 5 nitrogen and oxygen atoms in total. The van der Waals surface area contributed by atoms with Crippen LogP contribution in [-0.4, -0.2) is 34.2 Å². The van der Waals surface area contributed by atoms with Gasteiger partial charge in [-0.05, 0) is 24.9 Å². The van der Waals surface area contributed by atoms with Crippen LogP contribution in [0.25, 0.3) is 0 Å². The second kappa shape index (κ2) is 4.71. The molecule has 6 heteroatoms. The number of hydrogen-bond acceptors (Lipinski definition) is 5. The summed E-state index contributed by atoms with van der Waals surface area (Å²) in [4.78, 5) is 12.4. The van der Waals surface area contributed by atoms with E-state index in [4.69, 9.17) is 4.74 Å². The van der Waals surface area contributed by atoms with Crippen LogP contribution in [0.5, 0.6) is 0 Å². The first-order valence-electron chi connectivity index (χ1n) is 5.06. The van der Waals surface area contributed by atoms with Gasteiger partial charge in [0.1, 0.15) is 4.88 Å². The lowest BCUT2D eigenvalue weighted by atomic mass is 10.1. The Bertz CT molecular complexity index is 405. The van der Waals surface area contributed by atoms with Crippen molar-refractivity contribution in [2.75, 3.05) is 6.61 Å². The third kappa shape index (κ3) is 2.12. The van der Waals surface area contributed by atoms with Gasteiger partial charge < -0.3 is 10.1 Å². The van der Waals surface area contributed by atoms with Crippen molar-refractivity contribution in [3.63, 3.8) is 0 Å². The van der Waals surface area contributed by atoms with E-state index >= 15 is 0 Å². The Morgan fingerprint density at radius 1 is 1.75 bits per heavy atom. The maximum atomic E-state index is 11.9. The molecule has 0 aromatic carbocycles. The largest absolute Gasteiger partial charge is 0.372 e. The standard InChI is InChI=1S/C10H13N3O2S/c1-3-8-7(4-5-15-8)11-10(14)9-6(2)12-13-16-9/h3,7-8H,1,4-5H2,2H3,(H,11,14)/t7-,8+/m1/s1. The number of carbonyl (C=O) groups excluding carboxylic acids is 1. The first kappa shape index (κ1) is 11.2. The van der Waals surface area contributed by atoms with Crippen LogP contribution >= 0.6 is 11.5 Å². The van der Waals surface area contributed by atoms with Crippen molar-refractivity contribution in [1.82, 2.24) is 14.9 Å². The summed E-state index contributed by atoms with van der Waals surface area (Å²) in [6.07, 6.45) is 2.44. The Labute approximate surface area is 97.7 Å². The lowest BCUT2D eigenvalue weighted by Gasteiger charge is -2.15. The molecule has 1 aromatic heterocycles. The number of ether oxygens (including phenoxy) is 1. The second-order valence-electron chi connectivity index (χ2n) is 3.63. The molecule has 1 aliphatic rings. The van der Waals surface area contributed by atoms with E-state index in [1.165, 1.54) is 0 Å². The molecular weight excluding hydrogens is 226 g/mol. The van der Waals surface area contributed by atoms with Gasteiger partial charge in [-0.2, -0.15) is 0 Å². The van der Waals surface area contributed by atoms with E-state index < -0.39 is 0 Å². The Balaban J connectivity index is 2.02. The molecule has 1 saturated heterocycles. The molecule has 1 N–H and O–H groups in total. The van der Waals surface area contributed by atoms with Crippen molar-refractivity contribution < 1.29 is 9.53 Å². The average molecular weight is 239 g/mol. The monoisotopic (exact) mass is 239 g/mol. The van der Waals surface area contributed by atoms with Gasteiger partial charge in [0.05, 0.1) is 17.8 Å². The van der Waals surface area contributed by atoms with E-state index in [2.05, 4.69) is 21.5 Å². The van der Waals surface area contributed by atoms with Crippen LogP contribution in [-0.2, 0) is 4.74 Å². The van der Waals surface area contributed by atoms with E-state index in [1.54, 1.807) is 13.0 Å². The molecule has 2 heterocycles. The summed E-state index contributed by atoms with van der Waals surface area (Å²) in [5, 5.41) is 6.73. The smallest absolute Gasteiger partial charge is 0.265 e. The minimum atomic E-state index is -0.130. The highest BCUT2D eigenvalue weighted by molar-refractivity contribution is 7.08. The summed E-state index contributed by atoms with van der Waals surface area (Å²) in [6, 6.07) is 0.00602. The van der Waals surface area contributed by atoms with Gasteiger partial charge in [-0.1, -0.05) is 10.6 Å². The number of amides is 1. The normalized spacial score (nSPS) is 24.3. The quantitative estimate of drug-likeness (QED) is 0.797. The van der Waals surface area contributed by atoms with Gasteiger partial charge in [-0.3, -0.25) is 4.79 Å². The molecular formula is C10H13N3O2S. The third-order valence-corrected chi connectivity index (χ3v) is 3.37. The number of aryl methyl sites for hydroxylation is 1. The predicted molar refractivity (Wildman–Crippen MR) is 60.5 cm³/mol. The van der Waals surface area contributed by atoms with Crippen molar-refractivity contribution >= 4 is 17.4 Å². The van der Waals surface area contributed by atoms with Crippen molar-refractivity contribution in [3.05, 3.63) is 23.2 Å². The number of hydrogen-bond donors (Lipinski definition) is 1. The van der Waals surface area contributed by atoms with Gasteiger partial charge >= 0.3 is 0 Å². The number of carbonyl (C=O) groups is 1. The summed E-state index contributed by atoms with van der Waals surface area (Å²) in [5.41, 5.74) is 0.663. The topological polar surface area (TPSA) is 64.1 Å². The first-order valence-corrected chi connectivity index (χ1v) is 5.83. The molecule has 1 aromatic rings. The zero-order chi connectivity index (χ0) is 11.5. The van der Waals surface area contributed by atoms with Crippen LogP contribution < -0.4 is 5.32 Å². The van der Waals surface area contributed by atoms with Crippen LogP contribution in [0, 0.1) is 6.92 Å². The maximum absolute atomic E-state index is 11.9. The lowest BCUT2D eigenvalue weighted by Crippen LogP contribution is -2.39. The SMILES string of the molecule is C=C[C@@H]1OCC[C@H]1NC(=O)c1snnc1C. The molecule has 2 atom stereocenters. The zero-order valence-electron chi connectivity index (χ0n) is 8.97. The Morgan fingerprint density at radius 2 is 2.56 bits per heavy atom. The summed E-state index contributed by atoms with van der Waals surface area (Å²) >= 11 is 1.11. The van der Waals surface area contributed by atoms with E-state index in [-0.39, 0.29) is 18.1 Å². The molecule has 0 unspecified atom stereocenters. The van der Waals surface area contributed by atoms with Crippen LogP contribution in [0.1, 0.15) is 21.8 Å². The Morgan fingerprint density at radius 3 is 3.19 bits per heavy atom. The molecule has 86 valence electrons. The molecule has 0 saturated carbocycles. The van der Waals surface area contributed by atoms with Crippen molar-refractivity contribution in [3.8, 4) is 0 Å². The minimum Gasteiger partial charge on any atom is -0.372 e. The Hall–Kier alpha value is -1.27. The van der Waals surface area contributed by atoms with Gasteiger partial charge in [-0.25, -0.2) is 0 Å². The molecule has 0 bridgehead atoms. The number of aromatic nitrogens is 2. The lowest BCUT2D eigenvalue weighted by molar-refractivity contribution is 0.0903. The molecule has 0 radical (unpaired) electrons. The number of nitrogens with zero attached hydrogens (tertiary/aromatic N) is 2. The van der Waals surface area contributed by atoms with Gasteiger partial charge in [0.2, 0.25) is 0 Å². The first-order chi connectivity index (χ1) is 7.72. The molecule has 16 heavy (non-hydrogen) atoms. The van der Waals surface area contributed by atoms with Crippen LogP contribution in [0.2, 0.25) is 0 Å². The van der Waals surface area contributed by atoms with Crippen molar-refractivity contribution in [2.24, 2.45) is 0 Å². The Kier molecular flexibility index (Phi) is 3.31. The van der Waals surface area contributed by atoms with Crippen molar-refractivity contribution in [2.45, 2.75) is 25.5 Å². The molecule has 1 aliphatic heterocycles. The molecule has 0 spiro atoms. The summed E-state index contributed by atoms with van der Waals surface area (Å²) in [7, 11) is 0. The van der Waals surface area contributed by atoms with E-state index in [0.717, 1.165) is 18.0 Å². The van der Waals surface area contributed by atoms with Gasteiger partial charge in [0.15, 0.2) is 0 Å². The molecule has 0 aliphatic carbocycles. The summed E-state index contributed by atoms with van der Waals surface area (Å²) in [6.45, 7) is 6.11. The maximum Gasteiger partial charge on any atom is 0.265 e. The zero-order valence-corrected chi connectivity index (χ0v) is 9.79.